The third kappa shape index (κ3) is 3.66. The summed E-state index contributed by atoms with van der Waals surface area (Å²) in [5.41, 5.74) is 0. The van der Waals surface area contributed by atoms with Crippen LogP contribution in [0.1, 0.15) is 33.1 Å². The Morgan fingerprint density at radius 3 is 3.00 bits per heavy atom. The topological polar surface area (TPSA) is 41.1 Å². The molecule has 0 aliphatic carbocycles. The maximum Gasteiger partial charge on any atom is 0.219 e. The van der Waals surface area contributed by atoms with Gasteiger partial charge in [0.25, 0.3) is 0 Å². The van der Waals surface area contributed by atoms with Crippen LogP contribution in [0.3, 0.4) is 0 Å². The number of piperidine rings is 1. The van der Waals surface area contributed by atoms with E-state index in [1.54, 1.807) is 0 Å². The summed E-state index contributed by atoms with van der Waals surface area (Å²) < 4.78 is 0. The molecule has 0 bridgehead atoms. The maximum atomic E-state index is 11.3. The van der Waals surface area contributed by atoms with Gasteiger partial charge in [-0.25, -0.2) is 0 Å². The van der Waals surface area contributed by atoms with Crippen LogP contribution in [0.5, 0.6) is 0 Å². The van der Waals surface area contributed by atoms with Gasteiger partial charge < -0.3 is 10.6 Å². The molecule has 1 heterocycles. The van der Waals surface area contributed by atoms with Crippen LogP contribution in [0.2, 0.25) is 0 Å². The van der Waals surface area contributed by atoms with Gasteiger partial charge in [0.1, 0.15) is 0 Å². The van der Waals surface area contributed by atoms with Gasteiger partial charge in [-0.15, -0.1) is 0 Å². The van der Waals surface area contributed by atoms with Crippen LogP contribution in [-0.4, -0.2) is 25.5 Å². The second-order valence-corrected chi connectivity index (χ2v) is 4.28. The fraction of sp³-hybridized carbons (Fsp3) is 0.909. The minimum absolute atomic E-state index is 0.207. The van der Waals surface area contributed by atoms with Crippen molar-refractivity contribution in [2.24, 2.45) is 11.8 Å². The molecule has 2 N–H and O–H groups in total. The number of amides is 1. The molecule has 3 heteroatoms. The first-order valence-electron chi connectivity index (χ1n) is 5.71. The lowest BCUT2D eigenvalue weighted by Gasteiger charge is -2.29. The van der Waals surface area contributed by atoms with Crippen molar-refractivity contribution in [3.05, 3.63) is 0 Å². The van der Waals surface area contributed by atoms with Gasteiger partial charge in [0.05, 0.1) is 0 Å². The second-order valence-electron chi connectivity index (χ2n) is 4.28. The van der Waals surface area contributed by atoms with E-state index in [1.165, 1.54) is 6.42 Å². The van der Waals surface area contributed by atoms with Crippen molar-refractivity contribution in [1.29, 1.82) is 0 Å². The standard InChI is InChI=1S/C11H22N2O/c1-3-4-11(14)13-8-10-5-6-12-7-9(10)2/h9-10,12H,3-8H2,1-2H3,(H,13,14). The van der Waals surface area contributed by atoms with Crippen molar-refractivity contribution in [3.8, 4) is 0 Å². The van der Waals surface area contributed by atoms with Crippen molar-refractivity contribution in [1.82, 2.24) is 10.6 Å². The molecule has 1 aliphatic rings. The smallest absolute Gasteiger partial charge is 0.219 e. The number of nitrogens with one attached hydrogen (secondary N) is 2. The molecule has 14 heavy (non-hydrogen) atoms. The van der Waals surface area contributed by atoms with Crippen molar-refractivity contribution in [3.63, 3.8) is 0 Å². The SMILES string of the molecule is CCCC(=O)NCC1CCNCC1C. The van der Waals surface area contributed by atoms with Crippen molar-refractivity contribution in [2.75, 3.05) is 19.6 Å². The van der Waals surface area contributed by atoms with Crippen LogP contribution >= 0.6 is 0 Å². The van der Waals surface area contributed by atoms with Crippen LogP contribution in [0.4, 0.5) is 0 Å². The highest BCUT2D eigenvalue weighted by molar-refractivity contribution is 5.75. The van der Waals surface area contributed by atoms with E-state index in [0.29, 0.717) is 18.3 Å². The number of rotatable bonds is 4. The van der Waals surface area contributed by atoms with Gasteiger partial charge >= 0.3 is 0 Å². The lowest BCUT2D eigenvalue weighted by Crippen LogP contribution is -2.41. The van der Waals surface area contributed by atoms with E-state index in [1.807, 2.05) is 6.92 Å². The van der Waals surface area contributed by atoms with E-state index in [-0.39, 0.29) is 5.91 Å². The number of hydrogen-bond acceptors (Lipinski definition) is 2. The molecule has 82 valence electrons. The molecule has 1 fully saturated rings. The molecule has 0 radical (unpaired) electrons. The van der Waals surface area contributed by atoms with Gasteiger partial charge in [-0.05, 0) is 37.8 Å². The molecule has 0 aromatic heterocycles. The molecule has 2 atom stereocenters. The Morgan fingerprint density at radius 2 is 2.36 bits per heavy atom. The van der Waals surface area contributed by atoms with Gasteiger partial charge in [0.2, 0.25) is 5.91 Å². The lowest BCUT2D eigenvalue weighted by atomic mass is 9.88. The number of carbonyl (C=O) groups excluding carboxylic acids is 1. The summed E-state index contributed by atoms with van der Waals surface area (Å²) in [7, 11) is 0. The number of hydrogen-bond donors (Lipinski definition) is 2. The largest absolute Gasteiger partial charge is 0.356 e. The van der Waals surface area contributed by atoms with E-state index < -0.39 is 0 Å². The Labute approximate surface area is 86.6 Å². The molecular formula is C11H22N2O. The van der Waals surface area contributed by atoms with Crippen LogP contribution in [0.15, 0.2) is 0 Å². The molecule has 1 rings (SSSR count). The van der Waals surface area contributed by atoms with Gasteiger partial charge in [0.15, 0.2) is 0 Å². The summed E-state index contributed by atoms with van der Waals surface area (Å²) in [6.45, 7) is 7.34. The summed E-state index contributed by atoms with van der Waals surface area (Å²) in [4.78, 5) is 11.3. The quantitative estimate of drug-likeness (QED) is 0.711. The van der Waals surface area contributed by atoms with E-state index in [4.69, 9.17) is 0 Å². The highest BCUT2D eigenvalue weighted by Crippen LogP contribution is 2.17. The zero-order valence-corrected chi connectivity index (χ0v) is 9.31. The third-order valence-electron chi connectivity index (χ3n) is 3.00. The molecule has 1 amide bonds. The van der Waals surface area contributed by atoms with E-state index >= 15 is 0 Å². The van der Waals surface area contributed by atoms with E-state index in [2.05, 4.69) is 17.6 Å². The summed E-state index contributed by atoms with van der Waals surface area (Å²) in [5, 5.41) is 6.38. The van der Waals surface area contributed by atoms with Gasteiger partial charge in [-0.2, -0.15) is 0 Å². The normalized spacial score (nSPS) is 27.3. The predicted molar refractivity (Wildman–Crippen MR) is 58.1 cm³/mol. The zero-order valence-electron chi connectivity index (χ0n) is 9.31. The summed E-state index contributed by atoms with van der Waals surface area (Å²) in [5.74, 6) is 1.56. The Kier molecular flexibility index (Phi) is 4.94. The number of carbonyl (C=O) groups is 1. The molecule has 0 aromatic carbocycles. The van der Waals surface area contributed by atoms with Crippen molar-refractivity contribution >= 4 is 5.91 Å². The first kappa shape index (κ1) is 11.5. The molecular weight excluding hydrogens is 176 g/mol. The maximum absolute atomic E-state index is 11.3. The zero-order chi connectivity index (χ0) is 10.4. The summed E-state index contributed by atoms with van der Waals surface area (Å²) in [6.07, 6.45) is 2.79. The first-order chi connectivity index (χ1) is 6.74. The Bertz CT molecular complexity index is 182. The Balaban J connectivity index is 2.19. The fourth-order valence-corrected chi connectivity index (χ4v) is 1.93. The van der Waals surface area contributed by atoms with Crippen molar-refractivity contribution < 1.29 is 4.79 Å². The molecule has 0 aromatic rings. The summed E-state index contributed by atoms with van der Waals surface area (Å²) in [6, 6.07) is 0. The van der Waals surface area contributed by atoms with E-state index in [0.717, 1.165) is 26.1 Å². The van der Waals surface area contributed by atoms with Crippen molar-refractivity contribution in [2.45, 2.75) is 33.1 Å². The minimum atomic E-state index is 0.207. The molecule has 2 unspecified atom stereocenters. The predicted octanol–water partition coefficient (Wildman–Crippen LogP) is 1.15. The van der Waals surface area contributed by atoms with E-state index in [9.17, 15) is 4.79 Å². The average Bonchev–Trinajstić information content (AvgIpc) is 2.17. The fourth-order valence-electron chi connectivity index (χ4n) is 1.93. The van der Waals surface area contributed by atoms with Crippen LogP contribution in [-0.2, 0) is 4.79 Å². The van der Waals surface area contributed by atoms with Gasteiger partial charge in [-0.1, -0.05) is 13.8 Å². The molecule has 3 nitrogen and oxygen atoms in total. The molecule has 1 aliphatic heterocycles. The third-order valence-corrected chi connectivity index (χ3v) is 3.00. The second kappa shape index (κ2) is 6.02. The van der Waals surface area contributed by atoms with Crippen LogP contribution < -0.4 is 10.6 Å². The summed E-state index contributed by atoms with van der Waals surface area (Å²) >= 11 is 0. The molecule has 1 saturated heterocycles. The Morgan fingerprint density at radius 1 is 1.57 bits per heavy atom. The highest BCUT2D eigenvalue weighted by Gasteiger charge is 2.20. The van der Waals surface area contributed by atoms with Gasteiger partial charge in [0, 0.05) is 13.0 Å². The Hall–Kier alpha value is -0.570. The molecule has 0 saturated carbocycles. The minimum Gasteiger partial charge on any atom is -0.356 e. The monoisotopic (exact) mass is 198 g/mol. The van der Waals surface area contributed by atoms with Crippen LogP contribution in [0, 0.1) is 11.8 Å². The average molecular weight is 198 g/mol. The highest BCUT2D eigenvalue weighted by atomic mass is 16.1. The lowest BCUT2D eigenvalue weighted by molar-refractivity contribution is -0.121. The first-order valence-corrected chi connectivity index (χ1v) is 5.71. The van der Waals surface area contributed by atoms with Gasteiger partial charge in [-0.3, -0.25) is 4.79 Å². The molecule has 0 spiro atoms. The van der Waals surface area contributed by atoms with Crippen LogP contribution in [0.25, 0.3) is 0 Å².